The van der Waals surface area contributed by atoms with Gasteiger partial charge < -0.3 is 10.2 Å². The van der Waals surface area contributed by atoms with Crippen LogP contribution in [0.1, 0.15) is 11.3 Å². The molecule has 0 saturated carbocycles. The molecule has 1 aromatic carbocycles. The fourth-order valence-corrected chi connectivity index (χ4v) is 1.66. The molecule has 0 spiro atoms. The van der Waals surface area contributed by atoms with Gasteiger partial charge in [0.2, 0.25) is 0 Å². The molecule has 6 heteroatoms. The van der Waals surface area contributed by atoms with Crippen LogP contribution in [0.3, 0.4) is 0 Å². The van der Waals surface area contributed by atoms with Crippen molar-refractivity contribution in [3.8, 4) is 5.75 Å². The van der Waals surface area contributed by atoms with Crippen LogP contribution in [0.25, 0.3) is 0 Å². The van der Waals surface area contributed by atoms with Crippen LogP contribution in [-0.4, -0.2) is 9.97 Å². The van der Waals surface area contributed by atoms with E-state index < -0.39 is 0 Å². The van der Waals surface area contributed by atoms with Gasteiger partial charge in [-0.05, 0) is 30.7 Å². The standard InChI is InChI=1S/C12H13ClN4O/c1-8-4-9(13)2-3-11(8)18-7-10-5-16-12(17-14)6-15-10/h2-6H,7,14H2,1H3,(H,16,17). The first kappa shape index (κ1) is 12.6. The summed E-state index contributed by atoms with van der Waals surface area (Å²) in [6.07, 6.45) is 3.16. The molecule has 0 bridgehead atoms. The van der Waals surface area contributed by atoms with Crippen molar-refractivity contribution in [1.29, 1.82) is 0 Å². The molecule has 1 aromatic heterocycles. The molecule has 5 nitrogen and oxygen atoms in total. The third-order valence-corrected chi connectivity index (χ3v) is 2.60. The van der Waals surface area contributed by atoms with E-state index in [1.807, 2.05) is 19.1 Å². The van der Waals surface area contributed by atoms with Crippen molar-refractivity contribution in [3.63, 3.8) is 0 Å². The SMILES string of the molecule is Cc1cc(Cl)ccc1OCc1cnc(NN)cn1. The molecule has 0 atom stereocenters. The first-order valence-electron chi connectivity index (χ1n) is 5.35. The minimum atomic E-state index is 0.348. The molecule has 0 amide bonds. The van der Waals surface area contributed by atoms with Gasteiger partial charge in [-0.3, -0.25) is 4.98 Å². The average molecular weight is 265 g/mol. The first-order chi connectivity index (χ1) is 8.69. The largest absolute Gasteiger partial charge is 0.487 e. The van der Waals surface area contributed by atoms with E-state index in [9.17, 15) is 0 Å². The van der Waals surface area contributed by atoms with Gasteiger partial charge in [-0.1, -0.05) is 11.6 Å². The maximum Gasteiger partial charge on any atom is 0.158 e. The van der Waals surface area contributed by atoms with Crippen molar-refractivity contribution in [2.24, 2.45) is 5.84 Å². The second-order valence-electron chi connectivity index (χ2n) is 3.74. The van der Waals surface area contributed by atoms with E-state index in [4.69, 9.17) is 22.2 Å². The van der Waals surface area contributed by atoms with E-state index in [2.05, 4.69) is 15.4 Å². The third kappa shape index (κ3) is 3.09. The van der Waals surface area contributed by atoms with Crippen molar-refractivity contribution in [1.82, 2.24) is 9.97 Å². The number of halogens is 1. The summed E-state index contributed by atoms with van der Waals surface area (Å²) in [5, 5.41) is 0.693. The minimum absolute atomic E-state index is 0.348. The van der Waals surface area contributed by atoms with Gasteiger partial charge in [-0.2, -0.15) is 0 Å². The number of nitrogens with one attached hydrogen (secondary N) is 1. The Hall–Kier alpha value is -1.85. The number of hydrogen-bond acceptors (Lipinski definition) is 5. The lowest BCUT2D eigenvalue weighted by Crippen LogP contribution is -2.09. The molecule has 2 rings (SSSR count). The van der Waals surface area contributed by atoms with Gasteiger partial charge in [0, 0.05) is 5.02 Å². The Morgan fingerprint density at radius 3 is 2.78 bits per heavy atom. The summed E-state index contributed by atoms with van der Waals surface area (Å²) in [6.45, 7) is 2.29. The van der Waals surface area contributed by atoms with Crippen molar-refractivity contribution < 1.29 is 4.74 Å². The predicted octanol–water partition coefficient (Wildman–Crippen LogP) is 2.30. The summed E-state index contributed by atoms with van der Waals surface area (Å²) >= 11 is 5.87. The van der Waals surface area contributed by atoms with Crippen LogP contribution in [-0.2, 0) is 6.61 Å². The molecule has 18 heavy (non-hydrogen) atoms. The van der Waals surface area contributed by atoms with Gasteiger partial charge in [-0.15, -0.1) is 0 Å². The van der Waals surface area contributed by atoms with Gasteiger partial charge in [0.05, 0.1) is 18.1 Å². The summed E-state index contributed by atoms with van der Waals surface area (Å²) in [6, 6.07) is 5.47. The molecule has 0 radical (unpaired) electrons. The maximum absolute atomic E-state index is 5.87. The molecule has 0 saturated heterocycles. The highest BCUT2D eigenvalue weighted by Crippen LogP contribution is 2.22. The number of hydrazine groups is 1. The van der Waals surface area contributed by atoms with Crippen LogP contribution < -0.4 is 16.0 Å². The highest BCUT2D eigenvalue weighted by molar-refractivity contribution is 6.30. The number of aromatic nitrogens is 2. The van der Waals surface area contributed by atoms with Gasteiger partial charge in [0.1, 0.15) is 12.4 Å². The summed E-state index contributed by atoms with van der Waals surface area (Å²) in [7, 11) is 0. The van der Waals surface area contributed by atoms with E-state index in [0.717, 1.165) is 17.0 Å². The molecule has 3 N–H and O–H groups in total. The number of ether oxygens (including phenoxy) is 1. The lowest BCUT2D eigenvalue weighted by Gasteiger charge is -2.09. The molecule has 1 heterocycles. The fourth-order valence-electron chi connectivity index (χ4n) is 1.43. The lowest BCUT2D eigenvalue weighted by molar-refractivity contribution is 0.299. The normalized spacial score (nSPS) is 10.2. The Labute approximate surface area is 110 Å². The molecule has 0 aliphatic rings. The van der Waals surface area contributed by atoms with E-state index in [-0.39, 0.29) is 0 Å². The number of benzene rings is 1. The topological polar surface area (TPSA) is 73.1 Å². The Bertz CT molecular complexity index is 530. The van der Waals surface area contributed by atoms with Crippen LogP contribution >= 0.6 is 11.6 Å². The van der Waals surface area contributed by atoms with Crippen molar-refractivity contribution in [3.05, 3.63) is 46.9 Å². The zero-order chi connectivity index (χ0) is 13.0. The predicted molar refractivity (Wildman–Crippen MR) is 70.4 cm³/mol. The van der Waals surface area contributed by atoms with Crippen molar-refractivity contribution >= 4 is 17.4 Å². The molecule has 2 aromatic rings. The maximum atomic E-state index is 5.87. The quantitative estimate of drug-likeness (QED) is 0.655. The lowest BCUT2D eigenvalue weighted by atomic mass is 10.2. The molecule has 0 unspecified atom stereocenters. The molecule has 0 fully saturated rings. The summed E-state index contributed by atoms with van der Waals surface area (Å²) < 4.78 is 5.64. The number of rotatable bonds is 4. The molecule has 0 aliphatic heterocycles. The summed E-state index contributed by atoms with van der Waals surface area (Å²) in [5.41, 5.74) is 4.12. The van der Waals surface area contributed by atoms with E-state index in [0.29, 0.717) is 17.4 Å². The monoisotopic (exact) mass is 264 g/mol. The molecular weight excluding hydrogens is 252 g/mol. The minimum Gasteiger partial charge on any atom is -0.487 e. The van der Waals surface area contributed by atoms with Crippen molar-refractivity contribution in [2.45, 2.75) is 13.5 Å². The van der Waals surface area contributed by atoms with E-state index in [1.165, 1.54) is 0 Å². The van der Waals surface area contributed by atoms with Gasteiger partial charge in [0.15, 0.2) is 5.82 Å². The summed E-state index contributed by atoms with van der Waals surface area (Å²) in [5.74, 6) is 6.50. The Kier molecular flexibility index (Phi) is 3.96. The number of aryl methyl sites for hydroxylation is 1. The number of nitrogens with two attached hydrogens (primary N) is 1. The molecule has 94 valence electrons. The molecular formula is C12H13ClN4O. The zero-order valence-corrected chi connectivity index (χ0v) is 10.6. The smallest absolute Gasteiger partial charge is 0.158 e. The highest BCUT2D eigenvalue weighted by atomic mass is 35.5. The van der Waals surface area contributed by atoms with Crippen LogP contribution in [0.4, 0.5) is 5.82 Å². The van der Waals surface area contributed by atoms with Gasteiger partial charge >= 0.3 is 0 Å². The van der Waals surface area contributed by atoms with Crippen LogP contribution in [0.15, 0.2) is 30.6 Å². The van der Waals surface area contributed by atoms with Crippen LogP contribution in [0, 0.1) is 6.92 Å². The Morgan fingerprint density at radius 2 is 2.17 bits per heavy atom. The number of hydrogen-bond donors (Lipinski definition) is 2. The average Bonchev–Trinajstić information content (AvgIpc) is 2.38. The number of anilines is 1. The van der Waals surface area contributed by atoms with Crippen LogP contribution in [0.5, 0.6) is 5.75 Å². The van der Waals surface area contributed by atoms with Crippen LogP contribution in [0.2, 0.25) is 5.02 Å². The zero-order valence-electron chi connectivity index (χ0n) is 9.85. The van der Waals surface area contributed by atoms with Gasteiger partial charge in [0.25, 0.3) is 0 Å². The van der Waals surface area contributed by atoms with E-state index >= 15 is 0 Å². The van der Waals surface area contributed by atoms with E-state index in [1.54, 1.807) is 18.5 Å². The highest BCUT2D eigenvalue weighted by Gasteiger charge is 2.02. The Morgan fingerprint density at radius 1 is 1.33 bits per heavy atom. The number of nitrogen functional groups attached to an aromatic ring is 1. The second kappa shape index (κ2) is 5.66. The van der Waals surface area contributed by atoms with Gasteiger partial charge in [-0.25, -0.2) is 10.8 Å². The second-order valence-corrected chi connectivity index (χ2v) is 4.17. The number of nitrogens with zero attached hydrogens (tertiary/aromatic N) is 2. The molecule has 0 aliphatic carbocycles. The summed E-state index contributed by atoms with van der Waals surface area (Å²) in [4.78, 5) is 8.20. The fraction of sp³-hybridized carbons (Fsp3) is 0.167. The van der Waals surface area contributed by atoms with Crippen molar-refractivity contribution in [2.75, 3.05) is 5.43 Å². The first-order valence-corrected chi connectivity index (χ1v) is 5.73. The Balaban J connectivity index is 2.02. The third-order valence-electron chi connectivity index (χ3n) is 2.37.